The Hall–Kier alpha value is -2.69. The first-order valence-corrected chi connectivity index (χ1v) is 18.2. The number of esters is 1. The molecule has 43 heavy (non-hydrogen) atoms. The molecule has 3 aromatic rings. The molecule has 0 heterocycles. The third kappa shape index (κ3) is 10.5. The van der Waals surface area contributed by atoms with Crippen LogP contribution in [0.25, 0.3) is 16.7 Å². The number of hydrogen-bond acceptors (Lipinski definition) is 4. The number of ether oxygens (including phenoxy) is 1. The zero-order valence-corrected chi connectivity index (χ0v) is 27.7. The number of rotatable bonds is 18. The summed E-state index contributed by atoms with van der Waals surface area (Å²) in [4.78, 5) is 15.0. The molecule has 1 unspecified atom stereocenters. The molecule has 4 rings (SSSR count). The first-order valence-electron chi connectivity index (χ1n) is 16.3. The van der Waals surface area contributed by atoms with Crippen LogP contribution in [0.3, 0.4) is 0 Å². The van der Waals surface area contributed by atoms with E-state index in [1.807, 2.05) is 30.0 Å². The molecule has 1 atom stereocenters. The molecule has 1 aliphatic carbocycles. The molecule has 4 heteroatoms. The van der Waals surface area contributed by atoms with Crippen molar-refractivity contribution in [1.82, 2.24) is 0 Å². The lowest BCUT2D eigenvalue weighted by Crippen LogP contribution is -2.38. The molecule has 3 aromatic carbocycles. The summed E-state index contributed by atoms with van der Waals surface area (Å²) in [5.41, 5.74) is 4.63. The van der Waals surface area contributed by atoms with Gasteiger partial charge in [0.25, 0.3) is 0 Å². The van der Waals surface area contributed by atoms with Crippen LogP contribution in [0.2, 0.25) is 0 Å². The molecule has 0 fully saturated rings. The highest BCUT2D eigenvalue weighted by molar-refractivity contribution is 8.01. The molecule has 0 aliphatic heterocycles. The van der Waals surface area contributed by atoms with Gasteiger partial charge in [-0.15, -0.1) is 23.5 Å². The van der Waals surface area contributed by atoms with Gasteiger partial charge in [-0.2, -0.15) is 0 Å². The van der Waals surface area contributed by atoms with E-state index >= 15 is 0 Å². The van der Waals surface area contributed by atoms with E-state index in [-0.39, 0.29) is 5.97 Å². The third-order valence-corrected chi connectivity index (χ3v) is 10.6. The van der Waals surface area contributed by atoms with Crippen LogP contribution in [0.15, 0.2) is 102 Å². The zero-order chi connectivity index (χ0) is 30.2. The Morgan fingerprint density at radius 1 is 0.698 bits per heavy atom. The lowest BCUT2D eigenvalue weighted by atomic mass is 9.92. The van der Waals surface area contributed by atoms with E-state index in [4.69, 9.17) is 4.74 Å². The van der Waals surface area contributed by atoms with E-state index in [9.17, 15) is 4.79 Å². The second-order valence-electron chi connectivity index (χ2n) is 11.4. The minimum atomic E-state index is -0.701. The van der Waals surface area contributed by atoms with Crippen LogP contribution in [0.4, 0.5) is 0 Å². The molecule has 0 spiro atoms. The lowest BCUT2D eigenvalue weighted by Gasteiger charge is -2.29. The van der Waals surface area contributed by atoms with Crippen molar-refractivity contribution in [3.05, 3.63) is 103 Å². The highest BCUT2D eigenvalue weighted by Gasteiger charge is 2.39. The first-order chi connectivity index (χ1) is 21.1. The molecular weight excluding hydrogens is 565 g/mol. The molecule has 0 amide bonds. The van der Waals surface area contributed by atoms with E-state index in [2.05, 4.69) is 92.7 Å². The molecule has 0 saturated carbocycles. The van der Waals surface area contributed by atoms with Crippen LogP contribution in [0, 0.1) is 0 Å². The number of carbonyl (C=O) groups is 1. The topological polar surface area (TPSA) is 26.3 Å². The number of thioether (sulfide) groups is 2. The smallest absolute Gasteiger partial charge is 0.331 e. The van der Waals surface area contributed by atoms with Gasteiger partial charge >= 0.3 is 5.97 Å². The van der Waals surface area contributed by atoms with Gasteiger partial charge in [0.15, 0.2) is 0 Å². The van der Waals surface area contributed by atoms with Crippen molar-refractivity contribution in [2.75, 3.05) is 11.5 Å². The molecule has 0 bridgehead atoms. The quantitative estimate of drug-likeness (QED) is 0.0618. The summed E-state index contributed by atoms with van der Waals surface area (Å²) in [6.07, 6.45) is 19.9. The van der Waals surface area contributed by atoms with Gasteiger partial charge in [0, 0.05) is 4.90 Å². The fourth-order valence-corrected chi connectivity index (χ4v) is 7.44. The fourth-order valence-electron chi connectivity index (χ4n) is 5.29. The predicted molar refractivity (Wildman–Crippen MR) is 189 cm³/mol. The maximum Gasteiger partial charge on any atom is 0.331 e. The molecular formula is C39H48O2S2. The summed E-state index contributed by atoms with van der Waals surface area (Å²) in [6, 6.07) is 27.1. The molecule has 0 N–H and O–H groups in total. The second-order valence-corrected chi connectivity index (χ2v) is 14.0. The Kier molecular flexibility index (Phi) is 14.1. The van der Waals surface area contributed by atoms with E-state index in [0.29, 0.717) is 12.2 Å². The van der Waals surface area contributed by atoms with Crippen molar-refractivity contribution in [2.45, 2.75) is 94.1 Å². The van der Waals surface area contributed by atoms with Gasteiger partial charge in [0.05, 0.1) is 0 Å². The molecule has 0 aromatic heterocycles. The Bertz CT molecular complexity index is 1300. The van der Waals surface area contributed by atoms with Gasteiger partial charge in [-0.3, -0.25) is 0 Å². The van der Waals surface area contributed by atoms with Gasteiger partial charge in [-0.1, -0.05) is 138 Å². The van der Waals surface area contributed by atoms with E-state index in [1.165, 1.54) is 79.6 Å². The van der Waals surface area contributed by atoms with Crippen LogP contribution in [0.1, 0.15) is 90.0 Å². The largest absolute Gasteiger partial charge is 0.425 e. The molecule has 0 saturated heterocycles. The highest BCUT2D eigenvalue weighted by atomic mass is 32.2. The molecule has 0 radical (unpaired) electrons. The van der Waals surface area contributed by atoms with Crippen molar-refractivity contribution < 1.29 is 9.53 Å². The van der Waals surface area contributed by atoms with Crippen molar-refractivity contribution >= 4 is 35.1 Å². The Morgan fingerprint density at radius 2 is 1.30 bits per heavy atom. The maximum atomic E-state index is 13.6. The zero-order valence-electron chi connectivity index (χ0n) is 26.1. The standard InChI is InChI=1S/C39H48O2S2/c1-3-5-7-8-9-10-15-30-42-37-24-20-34(21-25-37)33-18-22-36(23-19-33)41-38(40)39(43-31-14-6-4-2)28-26-35(27-29-39)32-16-12-11-13-17-32/h11-13,16-28H,3-10,14-15,29-31H2,1-2H3. The van der Waals surface area contributed by atoms with Crippen molar-refractivity contribution in [3.63, 3.8) is 0 Å². The fraction of sp³-hybridized carbons (Fsp3) is 0.410. The van der Waals surface area contributed by atoms with Gasteiger partial charge < -0.3 is 4.74 Å². The number of allylic oxidation sites excluding steroid dienone is 3. The summed E-state index contributed by atoms with van der Waals surface area (Å²) < 4.78 is 5.31. The average molecular weight is 613 g/mol. The average Bonchev–Trinajstić information content (AvgIpc) is 3.06. The van der Waals surface area contributed by atoms with Crippen molar-refractivity contribution in [3.8, 4) is 16.9 Å². The van der Waals surface area contributed by atoms with Crippen LogP contribution in [-0.4, -0.2) is 22.2 Å². The first kappa shape index (κ1) is 33.2. The van der Waals surface area contributed by atoms with Crippen LogP contribution in [-0.2, 0) is 4.79 Å². The normalized spacial score (nSPS) is 16.2. The van der Waals surface area contributed by atoms with E-state index in [1.54, 1.807) is 11.8 Å². The Labute approximate surface area is 268 Å². The monoisotopic (exact) mass is 612 g/mol. The van der Waals surface area contributed by atoms with Gasteiger partial charge in [-0.05, 0) is 77.3 Å². The van der Waals surface area contributed by atoms with Gasteiger partial charge in [-0.25, -0.2) is 4.79 Å². The third-order valence-electron chi connectivity index (χ3n) is 7.99. The SMILES string of the molecule is CCCCCCCCCSc1ccc(-c2ccc(OC(=O)C3(SCCCCC)C=CC(c4ccccc4)=CC3)cc2)cc1. The van der Waals surface area contributed by atoms with Crippen molar-refractivity contribution in [1.29, 1.82) is 0 Å². The maximum absolute atomic E-state index is 13.6. The summed E-state index contributed by atoms with van der Waals surface area (Å²) >= 11 is 3.67. The number of benzene rings is 3. The molecule has 1 aliphatic rings. The molecule has 2 nitrogen and oxygen atoms in total. The number of carbonyl (C=O) groups excluding carboxylic acids is 1. The lowest BCUT2D eigenvalue weighted by molar-refractivity contribution is -0.135. The van der Waals surface area contributed by atoms with E-state index < -0.39 is 4.75 Å². The summed E-state index contributed by atoms with van der Waals surface area (Å²) in [5, 5.41) is 0. The highest BCUT2D eigenvalue weighted by Crippen LogP contribution is 2.39. The summed E-state index contributed by atoms with van der Waals surface area (Å²) in [5.74, 6) is 2.53. The number of hydrogen-bond donors (Lipinski definition) is 0. The summed E-state index contributed by atoms with van der Waals surface area (Å²) in [7, 11) is 0. The number of unbranched alkanes of at least 4 members (excludes halogenated alkanes) is 8. The molecule has 228 valence electrons. The predicted octanol–water partition coefficient (Wildman–Crippen LogP) is 11.8. The Balaban J connectivity index is 1.31. The van der Waals surface area contributed by atoms with Crippen molar-refractivity contribution in [2.24, 2.45) is 0 Å². The van der Waals surface area contributed by atoms with E-state index in [0.717, 1.165) is 23.3 Å². The van der Waals surface area contributed by atoms with Gasteiger partial charge in [0.1, 0.15) is 10.5 Å². The summed E-state index contributed by atoms with van der Waals surface area (Å²) in [6.45, 7) is 4.48. The van der Waals surface area contributed by atoms with Crippen LogP contribution >= 0.6 is 23.5 Å². The minimum Gasteiger partial charge on any atom is -0.425 e. The second kappa shape index (κ2) is 18.2. The van der Waals surface area contributed by atoms with Gasteiger partial charge in [0.2, 0.25) is 0 Å². The van der Waals surface area contributed by atoms with Crippen LogP contribution in [0.5, 0.6) is 5.75 Å². The Morgan fingerprint density at radius 3 is 1.95 bits per heavy atom. The van der Waals surface area contributed by atoms with Crippen LogP contribution < -0.4 is 4.74 Å². The minimum absolute atomic E-state index is 0.191.